The largest absolute Gasteiger partial charge is 0.481 e. The molecule has 0 aliphatic heterocycles. The molecule has 7 nitrogen and oxygen atoms in total. The normalized spacial score (nSPS) is 16.3. The van der Waals surface area contributed by atoms with Gasteiger partial charge in [-0.2, -0.15) is 0 Å². The van der Waals surface area contributed by atoms with Gasteiger partial charge in [0.25, 0.3) is 0 Å². The first-order valence-electron chi connectivity index (χ1n) is 12.0. The number of hydrogen-bond donors (Lipinski definition) is 3. The summed E-state index contributed by atoms with van der Waals surface area (Å²) in [7, 11) is 0. The number of carbonyl (C=O) groups excluding carboxylic acids is 2. The molecule has 0 heterocycles. The molecule has 0 aromatic heterocycles. The van der Waals surface area contributed by atoms with Crippen LogP contribution in [-0.2, 0) is 14.3 Å². The van der Waals surface area contributed by atoms with Crippen molar-refractivity contribution in [3.8, 4) is 11.1 Å². The number of fused-ring (bicyclic) bond motifs is 3. The molecule has 0 bridgehead atoms. The van der Waals surface area contributed by atoms with E-state index in [0.717, 1.165) is 35.1 Å². The predicted octanol–water partition coefficient (Wildman–Crippen LogP) is 4.17. The van der Waals surface area contributed by atoms with Crippen LogP contribution in [0.3, 0.4) is 0 Å². The second kappa shape index (κ2) is 10.3. The standard InChI is InChI=1S/C27H32N2O5/c1-16(2)24(25(30)28-14-18(26(31)32)13-17-11-12-17)29-27(33)34-15-23-21-9-5-3-7-19(21)20-8-4-6-10-22(20)23/h3-10,16-18,23-24H,11-15H2,1-2H3,(H,28,30)(H,29,33)(H,31,32)/t18?,24-/m0/s1. The predicted molar refractivity (Wildman–Crippen MR) is 128 cm³/mol. The van der Waals surface area contributed by atoms with E-state index in [1.54, 1.807) is 0 Å². The Kier molecular flexibility index (Phi) is 7.20. The quantitative estimate of drug-likeness (QED) is 0.490. The molecule has 2 aromatic carbocycles. The number of aliphatic carboxylic acids is 1. The average Bonchev–Trinajstić information content (AvgIpc) is 3.59. The highest BCUT2D eigenvalue weighted by molar-refractivity contribution is 5.86. The van der Waals surface area contributed by atoms with Crippen molar-refractivity contribution >= 4 is 18.0 Å². The van der Waals surface area contributed by atoms with Gasteiger partial charge in [0.05, 0.1) is 5.92 Å². The van der Waals surface area contributed by atoms with Crippen molar-refractivity contribution in [2.75, 3.05) is 13.2 Å². The first-order valence-corrected chi connectivity index (χ1v) is 12.0. The topological polar surface area (TPSA) is 105 Å². The van der Waals surface area contributed by atoms with Crippen LogP contribution in [0, 0.1) is 17.8 Å². The first-order chi connectivity index (χ1) is 16.3. The molecule has 1 saturated carbocycles. The van der Waals surface area contributed by atoms with Gasteiger partial charge in [0, 0.05) is 12.5 Å². The van der Waals surface area contributed by atoms with E-state index in [1.807, 2.05) is 50.2 Å². The highest BCUT2D eigenvalue weighted by atomic mass is 16.5. The van der Waals surface area contributed by atoms with Crippen molar-refractivity contribution < 1.29 is 24.2 Å². The van der Waals surface area contributed by atoms with E-state index in [1.165, 1.54) is 0 Å². The number of carboxylic acids is 1. The third-order valence-corrected chi connectivity index (χ3v) is 6.75. The Labute approximate surface area is 199 Å². The molecule has 1 fully saturated rings. The van der Waals surface area contributed by atoms with Gasteiger partial charge in [-0.1, -0.05) is 75.2 Å². The third-order valence-electron chi connectivity index (χ3n) is 6.75. The monoisotopic (exact) mass is 464 g/mol. The van der Waals surface area contributed by atoms with Crippen LogP contribution in [0.1, 0.15) is 50.2 Å². The highest BCUT2D eigenvalue weighted by Gasteiger charge is 2.32. The van der Waals surface area contributed by atoms with E-state index in [0.29, 0.717) is 12.3 Å². The minimum absolute atomic E-state index is 0.0558. The van der Waals surface area contributed by atoms with E-state index in [4.69, 9.17) is 4.74 Å². The molecule has 3 N–H and O–H groups in total. The van der Waals surface area contributed by atoms with Crippen molar-refractivity contribution in [2.45, 2.75) is 45.1 Å². The summed E-state index contributed by atoms with van der Waals surface area (Å²) in [6, 6.07) is 15.4. The molecule has 2 aliphatic carbocycles. The fourth-order valence-electron chi connectivity index (χ4n) is 4.66. The van der Waals surface area contributed by atoms with E-state index < -0.39 is 29.9 Å². The van der Waals surface area contributed by atoms with Gasteiger partial charge in [0.1, 0.15) is 12.6 Å². The Balaban J connectivity index is 1.34. The average molecular weight is 465 g/mol. The fraction of sp³-hybridized carbons (Fsp3) is 0.444. The van der Waals surface area contributed by atoms with Gasteiger partial charge in [0.15, 0.2) is 0 Å². The smallest absolute Gasteiger partial charge is 0.407 e. The molecule has 2 atom stereocenters. The molecule has 2 aromatic rings. The number of benzene rings is 2. The molecule has 0 radical (unpaired) electrons. The number of rotatable bonds is 10. The van der Waals surface area contributed by atoms with Crippen molar-refractivity contribution in [1.29, 1.82) is 0 Å². The fourth-order valence-corrected chi connectivity index (χ4v) is 4.66. The van der Waals surface area contributed by atoms with E-state index in [9.17, 15) is 19.5 Å². The van der Waals surface area contributed by atoms with Gasteiger partial charge in [-0.3, -0.25) is 9.59 Å². The van der Waals surface area contributed by atoms with E-state index in [2.05, 4.69) is 22.8 Å². The third kappa shape index (κ3) is 5.41. The van der Waals surface area contributed by atoms with Crippen LogP contribution >= 0.6 is 0 Å². The van der Waals surface area contributed by atoms with Crippen molar-refractivity contribution in [1.82, 2.24) is 10.6 Å². The maximum atomic E-state index is 12.8. The second-order valence-electron chi connectivity index (χ2n) is 9.65. The van der Waals surface area contributed by atoms with Gasteiger partial charge in [-0.05, 0) is 40.5 Å². The Bertz CT molecular complexity index is 1020. The first kappa shape index (κ1) is 23.8. The summed E-state index contributed by atoms with van der Waals surface area (Å²) >= 11 is 0. The highest BCUT2D eigenvalue weighted by Crippen LogP contribution is 2.44. The number of carbonyl (C=O) groups is 3. The van der Waals surface area contributed by atoms with Crippen LogP contribution in [0.15, 0.2) is 48.5 Å². The summed E-state index contributed by atoms with van der Waals surface area (Å²) in [5, 5.41) is 14.8. The lowest BCUT2D eigenvalue weighted by Gasteiger charge is -2.23. The molecular weight excluding hydrogens is 432 g/mol. The maximum Gasteiger partial charge on any atom is 0.407 e. The molecule has 0 spiro atoms. The lowest BCUT2D eigenvalue weighted by atomic mass is 9.98. The summed E-state index contributed by atoms with van der Waals surface area (Å²) in [5.74, 6) is -1.73. The molecular formula is C27H32N2O5. The lowest BCUT2D eigenvalue weighted by molar-refractivity contribution is -0.142. The Morgan fingerprint density at radius 2 is 1.59 bits per heavy atom. The lowest BCUT2D eigenvalue weighted by Crippen LogP contribution is -2.51. The zero-order valence-corrected chi connectivity index (χ0v) is 19.6. The SMILES string of the molecule is CC(C)[C@H](NC(=O)OCC1c2ccccc2-c2ccccc21)C(=O)NCC(CC1CC1)C(=O)O. The number of ether oxygens (including phenoxy) is 1. The van der Waals surface area contributed by atoms with Gasteiger partial charge in [-0.15, -0.1) is 0 Å². The van der Waals surface area contributed by atoms with Crippen LogP contribution in [0.2, 0.25) is 0 Å². The molecule has 180 valence electrons. The zero-order valence-electron chi connectivity index (χ0n) is 19.6. The van der Waals surface area contributed by atoms with Crippen LogP contribution in [0.25, 0.3) is 11.1 Å². The molecule has 2 amide bonds. The Hall–Kier alpha value is -3.35. The minimum atomic E-state index is -0.905. The van der Waals surface area contributed by atoms with Crippen LogP contribution in [0.4, 0.5) is 4.79 Å². The Morgan fingerprint density at radius 1 is 1.00 bits per heavy atom. The van der Waals surface area contributed by atoms with E-state index in [-0.39, 0.29) is 25.0 Å². The van der Waals surface area contributed by atoms with Crippen LogP contribution < -0.4 is 10.6 Å². The number of carboxylic acid groups (broad SMARTS) is 1. The zero-order chi connectivity index (χ0) is 24.2. The van der Waals surface area contributed by atoms with Crippen molar-refractivity contribution in [3.05, 3.63) is 59.7 Å². The van der Waals surface area contributed by atoms with Crippen LogP contribution in [0.5, 0.6) is 0 Å². The molecule has 0 saturated heterocycles. The molecule has 4 rings (SSSR count). The number of alkyl carbamates (subject to hydrolysis) is 1. The summed E-state index contributed by atoms with van der Waals surface area (Å²) in [5.41, 5.74) is 4.52. The molecule has 1 unspecified atom stereocenters. The molecule has 2 aliphatic rings. The van der Waals surface area contributed by atoms with Gasteiger partial charge in [-0.25, -0.2) is 4.79 Å². The van der Waals surface area contributed by atoms with Crippen molar-refractivity contribution in [3.63, 3.8) is 0 Å². The summed E-state index contributed by atoms with van der Waals surface area (Å²) in [4.78, 5) is 36.9. The minimum Gasteiger partial charge on any atom is -0.481 e. The summed E-state index contributed by atoms with van der Waals surface area (Å²) in [6.07, 6.45) is 2.01. The number of amides is 2. The number of nitrogens with one attached hydrogen (secondary N) is 2. The van der Waals surface area contributed by atoms with Gasteiger partial charge in [0.2, 0.25) is 5.91 Å². The van der Waals surface area contributed by atoms with Gasteiger partial charge >= 0.3 is 12.1 Å². The Morgan fingerprint density at radius 3 is 2.12 bits per heavy atom. The number of hydrogen-bond acceptors (Lipinski definition) is 4. The van der Waals surface area contributed by atoms with Gasteiger partial charge < -0.3 is 20.5 Å². The van der Waals surface area contributed by atoms with Crippen LogP contribution in [-0.4, -0.2) is 42.3 Å². The summed E-state index contributed by atoms with van der Waals surface area (Å²) < 4.78 is 5.57. The second-order valence-corrected chi connectivity index (χ2v) is 9.65. The molecule has 34 heavy (non-hydrogen) atoms. The molecule has 7 heteroatoms. The maximum absolute atomic E-state index is 12.8. The summed E-state index contributed by atoms with van der Waals surface area (Å²) in [6.45, 7) is 3.87. The van der Waals surface area contributed by atoms with E-state index >= 15 is 0 Å². The van der Waals surface area contributed by atoms with Crippen molar-refractivity contribution in [2.24, 2.45) is 17.8 Å².